The van der Waals surface area contributed by atoms with Gasteiger partial charge in [-0.3, -0.25) is 4.79 Å². The summed E-state index contributed by atoms with van der Waals surface area (Å²) in [5, 5.41) is 6.67. The van der Waals surface area contributed by atoms with Gasteiger partial charge in [-0.2, -0.15) is 0 Å². The Kier molecular flexibility index (Phi) is 6.77. The van der Waals surface area contributed by atoms with Crippen LogP contribution in [0.15, 0.2) is 42.5 Å². The van der Waals surface area contributed by atoms with Crippen molar-refractivity contribution in [3.8, 4) is 0 Å². The number of hydrogen-bond acceptors (Lipinski definition) is 2. The number of nitrogens with one attached hydrogen (secondary N) is 2. The Labute approximate surface area is 169 Å². The Balaban J connectivity index is 2.21. The minimum Gasteiger partial charge on any atom is -0.361 e. The lowest BCUT2D eigenvalue weighted by atomic mass is 10.2. The molecule has 1 amide bonds. The molecule has 0 heterocycles. The normalized spacial score (nSPS) is 12.6. The summed E-state index contributed by atoms with van der Waals surface area (Å²) in [5.41, 5.74) is 0.773. The molecule has 128 valence electrons. The highest BCUT2D eigenvalue weighted by Crippen LogP contribution is 2.33. The summed E-state index contributed by atoms with van der Waals surface area (Å²) in [5.74, 6) is -0.466. The quantitative estimate of drug-likeness (QED) is 0.434. The first kappa shape index (κ1) is 19.8. The standard InChI is InChI=1S/C15H10Cl6N2O/c16-9-3-1-2-8(6-9)13(24)23-14(15(19,20)21)22-12-5-4-10(17)7-11(12)18/h1-7,14,22H,(H,23,24)/t14-/m0/s1. The molecule has 2 N–H and O–H groups in total. The van der Waals surface area contributed by atoms with E-state index >= 15 is 0 Å². The highest BCUT2D eigenvalue weighted by Gasteiger charge is 2.34. The number of carbonyl (C=O) groups is 1. The van der Waals surface area contributed by atoms with Crippen molar-refractivity contribution >= 4 is 81.2 Å². The molecule has 0 saturated carbocycles. The number of amides is 1. The van der Waals surface area contributed by atoms with Gasteiger partial charge >= 0.3 is 0 Å². The van der Waals surface area contributed by atoms with Crippen molar-refractivity contribution in [2.45, 2.75) is 9.96 Å². The van der Waals surface area contributed by atoms with Gasteiger partial charge < -0.3 is 10.6 Å². The Morgan fingerprint density at radius 2 is 1.62 bits per heavy atom. The molecule has 0 aliphatic heterocycles. The summed E-state index contributed by atoms with van der Waals surface area (Å²) in [7, 11) is 0. The van der Waals surface area contributed by atoms with E-state index in [0.717, 1.165) is 0 Å². The first-order valence-electron chi connectivity index (χ1n) is 6.51. The molecule has 2 aromatic carbocycles. The van der Waals surface area contributed by atoms with Crippen LogP contribution in [0.2, 0.25) is 15.1 Å². The zero-order valence-electron chi connectivity index (χ0n) is 11.8. The Morgan fingerprint density at radius 3 is 2.21 bits per heavy atom. The number of benzene rings is 2. The molecule has 24 heavy (non-hydrogen) atoms. The van der Waals surface area contributed by atoms with Crippen LogP contribution in [-0.4, -0.2) is 15.9 Å². The zero-order valence-corrected chi connectivity index (χ0v) is 16.3. The number of alkyl halides is 3. The number of carbonyl (C=O) groups excluding carboxylic acids is 1. The van der Waals surface area contributed by atoms with Crippen molar-refractivity contribution in [2.75, 3.05) is 5.32 Å². The lowest BCUT2D eigenvalue weighted by molar-refractivity contribution is 0.0942. The van der Waals surface area contributed by atoms with E-state index < -0.39 is 15.9 Å². The van der Waals surface area contributed by atoms with E-state index in [9.17, 15) is 4.79 Å². The van der Waals surface area contributed by atoms with Crippen LogP contribution in [-0.2, 0) is 0 Å². The van der Waals surface area contributed by atoms with Crippen molar-refractivity contribution < 1.29 is 4.79 Å². The van der Waals surface area contributed by atoms with Crippen molar-refractivity contribution in [2.24, 2.45) is 0 Å². The molecule has 1 atom stereocenters. The number of anilines is 1. The number of rotatable bonds is 4. The van der Waals surface area contributed by atoms with E-state index in [4.69, 9.17) is 69.6 Å². The third kappa shape index (κ3) is 5.48. The van der Waals surface area contributed by atoms with E-state index in [1.54, 1.807) is 30.3 Å². The molecule has 0 radical (unpaired) electrons. The average molecular weight is 447 g/mol. The maximum atomic E-state index is 12.3. The van der Waals surface area contributed by atoms with Crippen molar-refractivity contribution in [1.29, 1.82) is 0 Å². The van der Waals surface area contributed by atoms with Crippen LogP contribution in [0.5, 0.6) is 0 Å². The third-order valence-electron chi connectivity index (χ3n) is 2.92. The van der Waals surface area contributed by atoms with E-state index in [-0.39, 0.29) is 0 Å². The van der Waals surface area contributed by atoms with Gasteiger partial charge in [-0.1, -0.05) is 75.7 Å². The molecule has 0 fully saturated rings. The molecule has 0 aliphatic rings. The number of halogens is 6. The minimum atomic E-state index is -1.84. The summed E-state index contributed by atoms with van der Waals surface area (Å²) in [4.78, 5) is 12.3. The SMILES string of the molecule is O=C(N[C@H](Nc1ccc(Cl)cc1Cl)C(Cl)(Cl)Cl)c1cccc(Cl)c1. The van der Waals surface area contributed by atoms with Crippen molar-refractivity contribution in [3.63, 3.8) is 0 Å². The largest absolute Gasteiger partial charge is 0.361 e. The Morgan fingerprint density at radius 1 is 0.958 bits per heavy atom. The molecule has 0 bridgehead atoms. The summed E-state index contributed by atoms with van der Waals surface area (Å²) < 4.78 is -1.84. The van der Waals surface area contributed by atoms with Crippen LogP contribution >= 0.6 is 69.6 Å². The van der Waals surface area contributed by atoms with Gasteiger partial charge in [0.05, 0.1) is 10.7 Å². The highest BCUT2D eigenvalue weighted by molar-refractivity contribution is 6.68. The highest BCUT2D eigenvalue weighted by atomic mass is 35.6. The minimum absolute atomic E-state index is 0.318. The first-order valence-corrected chi connectivity index (χ1v) is 8.78. The molecule has 9 heteroatoms. The van der Waals surface area contributed by atoms with E-state index in [2.05, 4.69) is 10.6 Å². The fourth-order valence-electron chi connectivity index (χ4n) is 1.81. The van der Waals surface area contributed by atoms with Gasteiger partial charge in [-0.15, -0.1) is 0 Å². The molecule has 2 aromatic rings. The lowest BCUT2D eigenvalue weighted by Gasteiger charge is -2.28. The van der Waals surface area contributed by atoms with Crippen LogP contribution in [0.1, 0.15) is 10.4 Å². The van der Waals surface area contributed by atoms with Gasteiger partial charge in [0.25, 0.3) is 5.91 Å². The molecular weight excluding hydrogens is 437 g/mol. The fourth-order valence-corrected chi connectivity index (χ4v) is 2.79. The van der Waals surface area contributed by atoms with Crippen LogP contribution in [0.3, 0.4) is 0 Å². The fraction of sp³-hybridized carbons (Fsp3) is 0.133. The molecule has 2 rings (SSSR count). The van der Waals surface area contributed by atoms with Gasteiger partial charge in [0.2, 0.25) is 3.79 Å². The maximum absolute atomic E-state index is 12.3. The van der Waals surface area contributed by atoms with E-state index in [1.807, 2.05) is 0 Å². The lowest BCUT2D eigenvalue weighted by Crippen LogP contribution is -2.49. The smallest absolute Gasteiger partial charge is 0.253 e. The van der Waals surface area contributed by atoms with Crippen LogP contribution < -0.4 is 10.6 Å². The molecule has 3 nitrogen and oxygen atoms in total. The third-order valence-corrected chi connectivity index (χ3v) is 4.36. The van der Waals surface area contributed by atoms with Crippen LogP contribution in [0.4, 0.5) is 5.69 Å². The molecule has 0 unspecified atom stereocenters. The van der Waals surface area contributed by atoms with E-state index in [0.29, 0.717) is 26.3 Å². The monoisotopic (exact) mass is 444 g/mol. The van der Waals surface area contributed by atoms with Gasteiger partial charge in [0.15, 0.2) is 0 Å². The maximum Gasteiger partial charge on any atom is 0.253 e. The second kappa shape index (κ2) is 8.22. The first-order chi connectivity index (χ1) is 11.2. The molecule has 0 saturated heterocycles. The second-order valence-corrected chi connectivity index (χ2v) is 8.38. The number of hydrogen-bond donors (Lipinski definition) is 2. The summed E-state index contributed by atoms with van der Waals surface area (Å²) >= 11 is 35.7. The zero-order chi connectivity index (χ0) is 17.9. The topological polar surface area (TPSA) is 41.1 Å². The van der Waals surface area contributed by atoms with Gasteiger partial charge in [-0.25, -0.2) is 0 Å². The second-order valence-electron chi connectivity index (χ2n) is 4.73. The molecular formula is C15H10Cl6N2O. The van der Waals surface area contributed by atoms with E-state index in [1.165, 1.54) is 12.1 Å². The molecule has 0 spiro atoms. The van der Waals surface area contributed by atoms with Crippen molar-refractivity contribution in [3.05, 3.63) is 63.1 Å². The van der Waals surface area contributed by atoms with Crippen LogP contribution in [0.25, 0.3) is 0 Å². The van der Waals surface area contributed by atoms with Crippen molar-refractivity contribution in [1.82, 2.24) is 5.32 Å². The Bertz CT molecular complexity index is 747. The average Bonchev–Trinajstić information content (AvgIpc) is 2.48. The molecule has 0 aromatic heterocycles. The van der Waals surface area contributed by atoms with Gasteiger partial charge in [0, 0.05) is 15.6 Å². The van der Waals surface area contributed by atoms with Gasteiger partial charge in [0.1, 0.15) is 6.17 Å². The Hall–Kier alpha value is -0.550. The predicted molar refractivity (Wildman–Crippen MR) is 103 cm³/mol. The summed E-state index contributed by atoms with van der Waals surface area (Å²) in [6.45, 7) is 0. The summed E-state index contributed by atoms with van der Waals surface area (Å²) in [6, 6.07) is 11.1. The van der Waals surface area contributed by atoms with Gasteiger partial charge in [-0.05, 0) is 36.4 Å². The van der Waals surface area contributed by atoms with Crippen LogP contribution in [0, 0.1) is 0 Å². The predicted octanol–water partition coefficient (Wildman–Crippen LogP) is 6.19. The molecule has 0 aliphatic carbocycles. The summed E-state index contributed by atoms with van der Waals surface area (Å²) in [6.07, 6.45) is -1.05.